The average Bonchev–Trinajstić information content (AvgIpc) is 2.43. The summed E-state index contributed by atoms with van der Waals surface area (Å²) in [5, 5.41) is 12.0. The Labute approximate surface area is 135 Å². The fraction of sp³-hybridized carbons (Fsp3) is 0.500. The molecule has 0 radical (unpaired) electrons. The van der Waals surface area contributed by atoms with Gasteiger partial charge in [-0.3, -0.25) is 9.63 Å². The molecule has 0 aliphatic rings. The molecule has 0 spiro atoms. The number of ether oxygens (including phenoxy) is 1. The summed E-state index contributed by atoms with van der Waals surface area (Å²) in [4.78, 5) is 28.8. The van der Waals surface area contributed by atoms with Gasteiger partial charge in [0.1, 0.15) is 11.6 Å². The summed E-state index contributed by atoms with van der Waals surface area (Å²) in [7, 11) is 0. The molecule has 7 nitrogen and oxygen atoms in total. The van der Waals surface area contributed by atoms with Crippen LogP contribution >= 0.6 is 0 Å². The molecule has 0 bridgehead atoms. The SMILES string of the molecule is C[C@@H](O)[C@H](NC(=O)OC(C)(C)C)C(=O)NOCc1ccccc1. The zero-order valence-corrected chi connectivity index (χ0v) is 13.8. The molecule has 1 rings (SSSR count). The van der Waals surface area contributed by atoms with E-state index < -0.39 is 29.7 Å². The highest BCUT2D eigenvalue weighted by atomic mass is 16.7. The Kier molecular flexibility index (Phi) is 6.99. The number of alkyl carbamates (subject to hydrolysis) is 1. The number of aliphatic hydroxyl groups excluding tert-OH is 1. The van der Waals surface area contributed by atoms with E-state index in [2.05, 4.69) is 10.8 Å². The van der Waals surface area contributed by atoms with E-state index in [1.165, 1.54) is 6.92 Å². The van der Waals surface area contributed by atoms with Crippen molar-refractivity contribution in [1.29, 1.82) is 0 Å². The normalized spacial score (nSPS) is 13.8. The largest absolute Gasteiger partial charge is 0.444 e. The van der Waals surface area contributed by atoms with E-state index in [-0.39, 0.29) is 6.61 Å². The molecule has 2 amide bonds. The number of hydrogen-bond donors (Lipinski definition) is 3. The number of hydrogen-bond acceptors (Lipinski definition) is 5. The number of benzene rings is 1. The Balaban J connectivity index is 2.49. The lowest BCUT2D eigenvalue weighted by Crippen LogP contribution is -2.53. The van der Waals surface area contributed by atoms with Gasteiger partial charge in [0, 0.05) is 0 Å². The standard InChI is InChI=1S/C16H24N2O5/c1-11(19)13(17-15(21)23-16(2,3)4)14(20)18-22-10-12-8-6-5-7-9-12/h5-9,11,13,19H,10H2,1-4H3,(H,17,21)(H,18,20)/t11-,13+/m1/s1. The van der Waals surface area contributed by atoms with E-state index in [1.54, 1.807) is 20.8 Å². The predicted octanol–water partition coefficient (Wildman–Crippen LogP) is 1.51. The van der Waals surface area contributed by atoms with Crippen LogP contribution in [0.1, 0.15) is 33.3 Å². The zero-order chi connectivity index (χ0) is 17.5. The molecule has 23 heavy (non-hydrogen) atoms. The van der Waals surface area contributed by atoms with Gasteiger partial charge in [0.25, 0.3) is 5.91 Å². The number of hydroxylamine groups is 1. The molecule has 0 aliphatic heterocycles. The van der Waals surface area contributed by atoms with Crippen LogP contribution in [0.5, 0.6) is 0 Å². The maximum Gasteiger partial charge on any atom is 0.408 e. The Morgan fingerprint density at radius 2 is 1.83 bits per heavy atom. The van der Waals surface area contributed by atoms with Crippen molar-refractivity contribution < 1.29 is 24.3 Å². The third kappa shape index (κ3) is 7.62. The van der Waals surface area contributed by atoms with Crippen molar-refractivity contribution in [3.63, 3.8) is 0 Å². The van der Waals surface area contributed by atoms with Gasteiger partial charge < -0.3 is 15.2 Å². The smallest absolute Gasteiger partial charge is 0.408 e. The van der Waals surface area contributed by atoms with E-state index in [1.807, 2.05) is 30.3 Å². The van der Waals surface area contributed by atoms with E-state index in [9.17, 15) is 14.7 Å². The van der Waals surface area contributed by atoms with Crippen LogP contribution in [-0.4, -0.2) is 34.9 Å². The van der Waals surface area contributed by atoms with Crippen LogP contribution < -0.4 is 10.8 Å². The Bertz CT molecular complexity index is 511. The van der Waals surface area contributed by atoms with Crippen LogP contribution in [-0.2, 0) is 21.0 Å². The monoisotopic (exact) mass is 324 g/mol. The zero-order valence-electron chi connectivity index (χ0n) is 13.8. The molecule has 0 aromatic heterocycles. The number of carbonyl (C=O) groups excluding carboxylic acids is 2. The maximum atomic E-state index is 12.0. The molecule has 0 unspecified atom stereocenters. The molecule has 2 atom stereocenters. The summed E-state index contributed by atoms with van der Waals surface area (Å²) in [6.07, 6.45) is -1.90. The second-order valence-electron chi connectivity index (χ2n) is 6.11. The van der Waals surface area contributed by atoms with Gasteiger partial charge in [-0.2, -0.15) is 0 Å². The second kappa shape index (κ2) is 8.50. The van der Waals surface area contributed by atoms with Crippen LogP contribution in [0, 0.1) is 0 Å². The lowest BCUT2D eigenvalue weighted by molar-refractivity contribution is -0.139. The van der Waals surface area contributed by atoms with Gasteiger partial charge in [-0.1, -0.05) is 30.3 Å². The average molecular weight is 324 g/mol. The highest BCUT2D eigenvalue weighted by molar-refractivity contribution is 5.85. The summed E-state index contributed by atoms with van der Waals surface area (Å²) in [6, 6.07) is 8.08. The molecule has 1 aromatic carbocycles. The Morgan fingerprint density at radius 3 is 2.35 bits per heavy atom. The van der Waals surface area contributed by atoms with Crippen molar-refractivity contribution in [1.82, 2.24) is 10.8 Å². The third-order valence-electron chi connectivity index (χ3n) is 2.69. The molecular formula is C16H24N2O5. The van der Waals surface area contributed by atoms with Crippen LogP contribution in [0.25, 0.3) is 0 Å². The maximum absolute atomic E-state index is 12.0. The van der Waals surface area contributed by atoms with Crippen LogP contribution in [0.2, 0.25) is 0 Å². The van der Waals surface area contributed by atoms with Gasteiger partial charge in [-0.05, 0) is 33.3 Å². The Morgan fingerprint density at radius 1 is 1.22 bits per heavy atom. The summed E-state index contributed by atoms with van der Waals surface area (Å²) in [5.74, 6) is -0.665. The van der Waals surface area contributed by atoms with Crippen molar-refractivity contribution in [2.24, 2.45) is 0 Å². The third-order valence-corrected chi connectivity index (χ3v) is 2.69. The molecule has 3 N–H and O–H groups in total. The minimum atomic E-state index is -1.18. The quantitative estimate of drug-likeness (QED) is 0.689. The summed E-state index contributed by atoms with van der Waals surface area (Å²) in [6.45, 7) is 6.66. The predicted molar refractivity (Wildman–Crippen MR) is 84.2 cm³/mol. The summed E-state index contributed by atoms with van der Waals surface area (Å²) < 4.78 is 5.06. The number of aliphatic hydroxyl groups is 1. The van der Waals surface area contributed by atoms with Gasteiger partial charge in [0.15, 0.2) is 0 Å². The Hall–Kier alpha value is -2.12. The first kappa shape index (κ1) is 18.9. The first-order valence-electron chi connectivity index (χ1n) is 7.32. The van der Waals surface area contributed by atoms with E-state index in [0.717, 1.165) is 5.56 Å². The van der Waals surface area contributed by atoms with Crippen molar-refractivity contribution in [2.75, 3.05) is 0 Å². The van der Waals surface area contributed by atoms with Crippen molar-refractivity contribution >= 4 is 12.0 Å². The van der Waals surface area contributed by atoms with E-state index in [4.69, 9.17) is 9.57 Å². The molecule has 0 aliphatic carbocycles. The van der Waals surface area contributed by atoms with Gasteiger partial charge in [-0.15, -0.1) is 0 Å². The van der Waals surface area contributed by atoms with Gasteiger partial charge >= 0.3 is 6.09 Å². The summed E-state index contributed by atoms with van der Waals surface area (Å²) in [5.41, 5.74) is 2.39. The van der Waals surface area contributed by atoms with Crippen molar-refractivity contribution in [3.8, 4) is 0 Å². The number of amides is 2. The lowest BCUT2D eigenvalue weighted by Gasteiger charge is -2.24. The topological polar surface area (TPSA) is 96.9 Å². The second-order valence-corrected chi connectivity index (χ2v) is 6.11. The number of nitrogens with one attached hydrogen (secondary N) is 2. The van der Waals surface area contributed by atoms with Crippen LogP contribution in [0.4, 0.5) is 4.79 Å². The molecule has 0 saturated carbocycles. The highest BCUT2D eigenvalue weighted by Gasteiger charge is 2.28. The van der Waals surface area contributed by atoms with Gasteiger partial charge in [0.05, 0.1) is 12.7 Å². The fourth-order valence-electron chi connectivity index (χ4n) is 1.67. The molecule has 128 valence electrons. The van der Waals surface area contributed by atoms with Crippen LogP contribution in [0.3, 0.4) is 0 Å². The fourth-order valence-corrected chi connectivity index (χ4v) is 1.67. The lowest BCUT2D eigenvalue weighted by atomic mass is 10.2. The molecule has 7 heteroatoms. The highest BCUT2D eigenvalue weighted by Crippen LogP contribution is 2.07. The molecule has 0 fully saturated rings. The van der Waals surface area contributed by atoms with Crippen molar-refractivity contribution in [2.45, 2.75) is 52.0 Å². The number of carbonyl (C=O) groups is 2. The molecule has 1 aromatic rings. The van der Waals surface area contributed by atoms with Crippen LogP contribution in [0.15, 0.2) is 30.3 Å². The minimum Gasteiger partial charge on any atom is -0.444 e. The van der Waals surface area contributed by atoms with E-state index >= 15 is 0 Å². The van der Waals surface area contributed by atoms with E-state index in [0.29, 0.717) is 0 Å². The van der Waals surface area contributed by atoms with Gasteiger partial charge in [-0.25, -0.2) is 10.3 Å². The molecular weight excluding hydrogens is 300 g/mol. The first-order valence-corrected chi connectivity index (χ1v) is 7.32. The number of rotatable bonds is 6. The van der Waals surface area contributed by atoms with Crippen molar-refractivity contribution in [3.05, 3.63) is 35.9 Å². The molecule has 0 heterocycles. The minimum absolute atomic E-state index is 0.172. The first-order chi connectivity index (χ1) is 10.7. The van der Waals surface area contributed by atoms with Gasteiger partial charge in [0.2, 0.25) is 0 Å². The molecule has 0 saturated heterocycles. The summed E-state index contributed by atoms with van der Waals surface area (Å²) >= 11 is 0.